The topological polar surface area (TPSA) is 66.4 Å². The molecule has 0 radical (unpaired) electrons. The molecule has 2 rings (SSSR count). The monoisotopic (exact) mass is 247 g/mol. The molecule has 1 atom stereocenters. The van der Waals surface area contributed by atoms with Crippen LogP contribution in [0.15, 0.2) is 30.3 Å². The van der Waals surface area contributed by atoms with E-state index in [0.717, 1.165) is 24.8 Å². The van der Waals surface area contributed by atoms with Gasteiger partial charge in [-0.05, 0) is 25.3 Å². The largest absolute Gasteiger partial charge is 0.480 e. The molecule has 1 aromatic rings. The fourth-order valence-corrected chi connectivity index (χ4v) is 2.33. The average Bonchev–Trinajstić information content (AvgIpc) is 2.28. The van der Waals surface area contributed by atoms with Crippen LogP contribution in [0.5, 0.6) is 0 Å². The summed E-state index contributed by atoms with van der Waals surface area (Å²) in [5.74, 6) is -1.18. The predicted molar refractivity (Wildman–Crippen MR) is 67.2 cm³/mol. The van der Waals surface area contributed by atoms with Crippen LogP contribution in [0, 0.1) is 0 Å². The lowest BCUT2D eigenvalue weighted by Gasteiger charge is -2.41. The van der Waals surface area contributed by atoms with Crippen molar-refractivity contribution in [3.8, 4) is 0 Å². The summed E-state index contributed by atoms with van der Waals surface area (Å²) in [5, 5.41) is 11.4. The minimum absolute atomic E-state index is 0.171. The second kappa shape index (κ2) is 4.80. The summed E-state index contributed by atoms with van der Waals surface area (Å²) in [5.41, 5.74) is 0.455. The van der Waals surface area contributed by atoms with Gasteiger partial charge in [-0.1, -0.05) is 36.8 Å². The lowest BCUT2D eigenvalue weighted by molar-refractivity contribution is -0.143. The number of carboxylic acids is 1. The highest BCUT2D eigenvalue weighted by Crippen LogP contribution is 2.43. The number of amides is 1. The summed E-state index contributed by atoms with van der Waals surface area (Å²) in [4.78, 5) is 23.1. The predicted octanol–water partition coefficient (Wildman–Crippen LogP) is 1.70. The van der Waals surface area contributed by atoms with E-state index in [0.29, 0.717) is 0 Å². The number of carboxylic acid groups (broad SMARTS) is 1. The number of nitrogens with one attached hydrogen (secondary N) is 1. The van der Waals surface area contributed by atoms with Gasteiger partial charge in [0.05, 0.1) is 5.41 Å². The Morgan fingerprint density at radius 2 is 1.89 bits per heavy atom. The number of carbonyl (C=O) groups excluding carboxylic acids is 1. The summed E-state index contributed by atoms with van der Waals surface area (Å²) < 4.78 is 0. The Kier molecular flexibility index (Phi) is 3.36. The van der Waals surface area contributed by atoms with Crippen LogP contribution in [-0.2, 0) is 15.0 Å². The smallest absolute Gasteiger partial charge is 0.325 e. The van der Waals surface area contributed by atoms with E-state index in [2.05, 4.69) is 5.32 Å². The Labute approximate surface area is 106 Å². The van der Waals surface area contributed by atoms with Gasteiger partial charge >= 0.3 is 5.97 Å². The maximum Gasteiger partial charge on any atom is 0.325 e. The number of aliphatic carboxylic acids is 1. The zero-order valence-corrected chi connectivity index (χ0v) is 10.3. The molecule has 0 heterocycles. The van der Waals surface area contributed by atoms with Gasteiger partial charge in [0.1, 0.15) is 6.04 Å². The Balaban J connectivity index is 2.18. The van der Waals surface area contributed by atoms with Crippen molar-refractivity contribution in [1.29, 1.82) is 0 Å². The van der Waals surface area contributed by atoms with E-state index in [9.17, 15) is 9.59 Å². The Bertz CT molecular complexity index is 451. The van der Waals surface area contributed by atoms with Crippen LogP contribution in [0.4, 0.5) is 0 Å². The first-order valence-corrected chi connectivity index (χ1v) is 6.15. The summed E-state index contributed by atoms with van der Waals surface area (Å²) >= 11 is 0. The summed E-state index contributed by atoms with van der Waals surface area (Å²) in [7, 11) is 0. The molecular formula is C14H17NO3. The van der Waals surface area contributed by atoms with Crippen LogP contribution >= 0.6 is 0 Å². The molecule has 18 heavy (non-hydrogen) atoms. The van der Waals surface area contributed by atoms with E-state index in [1.54, 1.807) is 0 Å². The van der Waals surface area contributed by atoms with E-state index in [-0.39, 0.29) is 5.91 Å². The molecule has 1 aromatic carbocycles. The molecule has 2 N–H and O–H groups in total. The molecule has 4 heteroatoms. The van der Waals surface area contributed by atoms with Crippen molar-refractivity contribution in [2.24, 2.45) is 0 Å². The molecule has 1 unspecified atom stereocenters. The van der Waals surface area contributed by atoms with E-state index in [4.69, 9.17) is 5.11 Å². The van der Waals surface area contributed by atoms with Gasteiger partial charge < -0.3 is 10.4 Å². The number of hydrogen-bond acceptors (Lipinski definition) is 2. The number of hydrogen-bond donors (Lipinski definition) is 2. The fraction of sp³-hybridized carbons (Fsp3) is 0.429. The molecule has 1 saturated carbocycles. The van der Waals surface area contributed by atoms with Crippen molar-refractivity contribution in [2.75, 3.05) is 0 Å². The molecule has 1 aliphatic rings. The van der Waals surface area contributed by atoms with Crippen molar-refractivity contribution in [1.82, 2.24) is 5.32 Å². The third-order valence-corrected chi connectivity index (χ3v) is 3.69. The zero-order valence-electron chi connectivity index (χ0n) is 10.3. The van der Waals surface area contributed by atoms with Crippen LogP contribution in [0.25, 0.3) is 0 Å². The van der Waals surface area contributed by atoms with Crippen molar-refractivity contribution in [2.45, 2.75) is 37.6 Å². The second-order valence-corrected chi connectivity index (χ2v) is 4.84. The quantitative estimate of drug-likeness (QED) is 0.851. The highest BCUT2D eigenvalue weighted by atomic mass is 16.4. The zero-order chi connectivity index (χ0) is 13.2. The van der Waals surface area contributed by atoms with Gasteiger partial charge in [-0.25, -0.2) is 0 Å². The van der Waals surface area contributed by atoms with Gasteiger partial charge in [0.25, 0.3) is 0 Å². The van der Waals surface area contributed by atoms with E-state index in [1.807, 2.05) is 30.3 Å². The van der Waals surface area contributed by atoms with E-state index in [1.165, 1.54) is 6.92 Å². The van der Waals surface area contributed by atoms with Crippen molar-refractivity contribution >= 4 is 11.9 Å². The normalized spacial score (nSPS) is 18.5. The molecular weight excluding hydrogens is 230 g/mol. The minimum Gasteiger partial charge on any atom is -0.480 e. The van der Waals surface area contributed by atoms with Crippen LogP contribution in [0.1, 0.15) is 31.7 Å². The molecule has 0 bridgehead atoms. The number of carbonyl (C=O) groups is 2. The van der Waals surface area contributed by atoms with Crippen LogP contribution in [0.2, 0.25) is 0 Å². The molecule has 4 nitrogen and oxygen atoms in total. The van der Waals surface area contributed by atoms with Gasteiger partial charge in [-0.15, -0.1) is 0 Å². The molecule has 0 spiro atoms. The SMILES string of the molecule is CC(NC(=O)C1(c2ccccc2)CCC1)C(=O)O. The number of benzene rings is 1. The first kappa shape index (κ1) is 12.6. The maximum atomic E-state index is 12.3. The third kappa shape index (κ3) is 2.10. The summed E-state index contributed by atoms with van der Waals surface area (Å²) in [6.45, 7) is 1.48. The van der Waals surface area contributed by atoms with Gasteiger partial charge in [-0.2, -0.15) is 0 Å². The average molecular weight is 247 g/mol. The van der Waals surface area contributed by atoms with Crippen LogP contribution in [0.3, 0.4) is 0 Å². The summed E-state index contributed by atoms with van der Waals surface area (Å²) in [6.07, 6.45) is 2.58. The molecule has 0 aromatic heterocycles. The molecule has 1 amide bonds. The lowest BCUT2D eigenvalue weighted by atomic mass is 9.63. The van der Waals surface area contributed by atoms with Gasteiger partial charge in [0, 0.05) is 0 Å². The standard InChI is InChI=1S/C14H17NO3/c1-10(12(16)17)15-13(18)14(8-5-9-14)11-6-3-2-4-7-11/h2-4,6-7,10H,5,8-9H2,1H3,(H,15,18)(H,16,17). The molecule has 96 valence electrons. The molecule has 1 aliphatic carbocycles. The van der Waals surface area contributed by atoms with Crippen LogP contribution in [-0.4, -0.2) is 23.0 Å². The van der Waals surface area contributed by atoms with Crippen molar-refractivity contribution < 1.29 is 14.7 Å². The Hall–Kier alpha value is -1.84. The molecule has 0 aliphatic heterocycles. The van der Waals surface area contributed by atoms with Crippen molar-refractivity contribution in [3.63, 3.8) is 0 Å². The molecule has 1 fully saturated rings. The van der Waals surface area contributed by atoms with Gasteiger partial charge in [0.2, 0.25) is 5.91 Å². The van der Waals surface area contributed by atoms with Gasteiger partial charge in [-0.3, -0.25) is 9.59 Å². The van der Waals surface area contributed by atoms with Crippen molar-refractivity contribution in [3.05, 3.63) is 35.9 Å². The Morgan fingerprint density at radius 1 is 1.28 bits per heavy atom. The molecule has 0 saturated heterocycles. The first-order valence-electron chi connectivity index (χ1n) is 6.15. The summed E-state index contributed by atoms with van der Waals surface area (Å²) in [6, 6.07) is 8.74. The minimum atomic E-state index is -1.01. The third-order valence-electron chi connectivity index (χ3n) is 3.69. The second-order valence-electron chi connectivity index (χ2n) is 4.84. The highest BCUT2D eigenvalue weighted by Gasteiger charge is 2.46. The van der Waals surface area contributed by atoms with E-state index >= 15 is 0 Å². The maximum absolute atomic E-state index is 12.3. The van der Waals surface area contributed by atoms with Gasteiger partial charge in [0.15, 0.2) is 0 Å². The van der Waals surface area contributed by atoms with Crippen LogP contribution < -0.4 is 5.32 Å². The lowest BCUT2D eigenvalue weighted by Crippen LogP contribution is -2.53. The fourth-order valence-electron chi connectivity index (χ4n) is 2.33. The first-order chi connectivity index (χ1) is 8.56. The number of rotatable bonds is 4. The Morgan fingerprint density at radius 3 is 2.33 bits per heavy atom. The van der Waals surface area contributed by atoms with E-state index < -0.39 is 17.4 Å². The highest BCUT2D eigenvalue weighted by molar-refractivity contribution is 5.92.